The van der Waals surface area contributed by atoms with Crippen LogP contribution in [-0.4, -0.2) is 42.1 Å². The molecular weight excluding hydrogens is 306 g/mol. The van der Waals surface area contributed by atoms with Crippen molar-refractivity contribution in [3.8, 4) is 0 Å². The van der Waals surface area contributed by atoms with E-state index in [1.165, 1.54) is 18.2 Å². The van der Waals surface area contributed by atoms with Gasteiger partial charge in [0.05, 0.1) is 18.9 Å². The zero-order valence-corrected chi connectivity index (χ0v) is 14.0. The van der Waals surface area contributed by atoms with Crippen molar-refractivity contribution in [2.75, 3.05) is 26.0 Å². The van der Waals surface area contributed by atoms with Gasteiger partial charge in [-0.15, -0.1) is 11.8 Å². The van der Waals surface area contributed by atoms with Crippen molar-refractivity contribution < 1.29 is 9.53 Å². The van der Waals surface area contributed by atoms with Crippen LogP contribution in [0.1, 0.15) is 17.2 Å². The lowest BCUT2D eigenvalue weighted by atomic mass is 9.94. The molecule has 0 radical (unpaired) electrons. The van der Waals surface area contributed by atoms with Crippen LogP contribution in [0.25, 0.3) is 0 Å². The summed E-state index contributed by atoms with van der Waals surface area (Å²) in [5, 5.41) is 0.504. The third kappa shape index (κ3) is 3.95. The number of nitrogens with zero attached hydrogens (tertiary/aromatic N) is 1. The Balaban J connectivity index is 1.68. The summed E-state index contributed by atoms with van der Waals surface area (Å²) < 4.78 is 4.71. The van der Waals surface area contributed by atoms with Gasteiger partial charge in [0.15, 0.2) is 0 Å². The number of rotatable bonds is 6. The lowest BCUT2D eigenvalue weighted by molar-refractivity contribution is -0.137. The summed E-state index contributed by atoms with van der Waals surface area (Å²) in [5.41, 5.74) is 2.63. The van der Waals surface area contributed by atoms with Crippen molar-refractivity contribution in [2.24, 2.45) is 0 Å². The number of ether oxygens (including phenoxy) is 1. The van der Waals surface area contributed by atoms with Crippen molar-refractivity contribution in [1.82, 2.24) is 4.90 Å². The highest BCUT2D eigenvalue weighted by molar-refractivity contribution is 8.00. The van der Waals surface area contributed by atoms with Gasteiger partial charge in [-0.2, -0.15) is 0 Å². The first kappa shape index (κ1) is 16.1. The monoisotopic (exact) mass is 327 g/mol. The molecule has 1 aliphatic heterocycles. The van der Waals surface area contributed by atoms with Gasteiger partial charge in [-0.1, -0.05) is 60.7 Å². The lowest BCUT2D eigenvalue weighted by Gasteiger charge is -2.44. The summed E-state index contributed by atoms with van der Waals surface area (Å²) in [6.07, 6.45) is 0. The minimum absolute atomic E-state index is 0.142. The van der Waals surface area contributed by atoms with E-state index in [9.17, 15) is 4.79 Å². The molecule has 2 aromatic rings. The van der Waals surface area contributed by atoms with Crippen LogP contribution in [0.3, 0.4) is 0 Å². The number of hydrogen-bond donors (Lipinski definition) is 0. The molecule has 1 aliphatic rings. The first-order chi connectivity index (χ1) is 11.3. The average molecular weight is 327 g/mol. The van der Waals surface area contributed by atoms with Gasteiger partial charge in [0.2, 0.25) is 0 Å². The number of carbonyl (C=O) groups excluding carboxylic acids is 1. The Morgan fingerprint density at radius 2 is 1.61 bits per heavy atom. The van der Waals surface area contributed by atoms with Crippen molar-refractivity contribution >= 4 is 17.7 Å². The fraction of sp³-hybridized carbons (Fsp3) is 0.316. The summed E-state index contributed by atoms with van der Waals surface area (Å²) in [4.78, 5) is 13.7. The minimum atomic E-state index is -0.142. The number of hydrogen-bond acceptors (Lipinski definition) is 4. The molecule has 3 nitrogen and oxygen atoms in total. The molecule has 0 spiro atoms. The van der Waals surface area contributed by atoms with Crippen molar-refractivity contribution in [3.05, 3.63) is 71.8 Å². The maximum Gasteiger partial charge on any atom is 0.315 e. The van der Waals surface area contributed by atoms with Crippen molar-refractivity contribution in [3.63, 3.8) is 0 Å². The molecule has 0 saturated carbocycles. The summed E-state index contributed by atoms with van der Waals surface area (Å²) in [5.74, 6) is 0.298. The summed E-state index contributed by atoms with van der Waals surface area (Å²) in [7, 11) is 1.44. The highest BCUT2D eigenvalue weighted by Crippen LogP contribution is 2.35. The fourth-order valence-corrected chi connectivity index (χ4v) is 4.00. The van der Waals surface area contributed by atoms with Gasteiger partial charge in [-0.05, 0) is 11.1 Å². The highest BCUT2D eigenvalue weighted by atomic mass is 32.2. The molecule has 1 fully saturated rings. The Labute approximate surface area is 141 Å². The van der Waals surface area contributed by atoms with Crippen LogP contribution < -0.4 is 0 Å². The zero-order valence-electron chi connectivity index (χ0n) is 13.2. The van der Waals surface area contributed by atoms with Crippen LogP contribution in [0.2, 0.25) is 0 Å². The molecule has 0 unspecified atom stereocenters. The molecule has 23 heavy (non-hydrogen) atoms. The van der Waals surface area contributed by atoms with Crippen LogP contribution in [0, 0.1) is 0 Å². The van der Waals surface area contributed by atoms with E-state index in [2.05, 4.69) is 65.6 Å². The predicted octanol–water partition coefficient (Wildman–Crippen LogP) is 3.37. The van der Waals surface area contributed by atoms with Crippen LogP contribution in [0.15, 0.2) is 60.7 Å². The normalized spacial score (nSPS) is 15.4. The standard InChI is InChI=1S/C19H21NO2S/c1-22-18(21)14-23-17-12-20(13-17)19(15-8-4-2-5-9-15)16-10-6-3-7-11-16/h2-11,17,19H,12-14H2,1H3. The second-order valence-electron chi connectivity index (χ2n) is 5.69. The Hall–Kier alpha value is -1.78. The quantitative estimate of drug-likeness (QED) is 0.761. The molecule has 0 aliphatic carbocycles. The number of carbonyl (C=O) groups is 1. The maximum atomic E-state index is 11.3. The van der Waals surface area contributed by atoms with E-state index < -0.39 is 0 Å². The number of benzene rings is 2. The number of thioether (sulfide) groups is 1. The van der Waals surface area contributed by atoms with E-state index in [1.807, 2.05) is 0 Å². The van der Waals surface area contributed by atoms with Gasteiger partial charge < -0.3 is 4.74 Å². The highest BCUT2D eigenvalue weighted by Gasteiger charge is 2.34. The smallest absolute Gasteiger partial charge is 0.315 e. The molecule has 0 N–H and O–H groups in total. The zero-order chi connectivity index (χ0) is 16.1. The van der Waals surface area contributed by atoms with Crippen LogP contribution in [0.4, 0.5) is 0 Å². The Bertz CT molecular complexity index is 587. The lowest BCUT2D eigenvalue weighted by Crippen LogP contribution is -2.51. The molecule has 3 rings (SSSR count). The SMILES string of the molecule is COC(=O)CSC1CN(C(c2ccccc2)c2ccccc2)C1. The van der Waals surface area contributed by atoms with E-state index >= 15 is 0 Å². The molecular formula is C19H21NO2S. The van der Waals surface area contributed by atoms with E-state index in [1.54, 1.807) is 11.8 Å². The minimum Gasteiger partial charge on any atom is -0.468 e. The summed E-state index contributed by atoms with van der Waals surface area (Å²) >= 11 is 1.69. The van der Waals surface area contributed by atoms with Gasteiger partial charge in [0, 0.05) is 18.3 Å². The molecule has 0 amide bonds. The molecule has 0 bridgehead atoms. The molecule has 0 atom stereocenters. The van der Waals surface area contributed by atoms with E-state index in [0.717, 1.165) is 13.1 Å². The molecule has 4 heteroatoms. The number of methoxy groups -OCH3 is 1. The molecule has 120 valence electrons. The first-order valence-corrected chi connectivity index (χ1v) is 8.85. The molecule has 2 aromatic carbocycles. The van der Waals surface area contributed by atoms with E-state index in [-0.39, 0.29) is 12.0 Å². The largest absolute Gasteiger partial charge is 0.468 e. The van der Waals surface area contributed by atoms with Gasteiger partial charge in [0.25, 0.3) is 0 Å². The molecule has 1 saturated heterocycles. The third-order valence-corrected chi connectivity index (χ3v) is 5.31. The number of likely N-dealkylation sites (tertiary alicyclic amines) is 1. The maximum absolute atomic E-state index is 11.3. The van der Waals surface area contributed by atoms with E-state index in [0.29, 0.717) is 11.0 Å². The van der Waals surface area contributed by atoms with E-state index in [4.69, 9.17) is 4.74 Å². The number of esters is 1. The Kier molecular flexibility index (Phi) is 5.36. The topological polar surface area (TPSA) is 29.5 Å². The van der Waals surface area contributed by atoms with Gasteiger partial charge in [-0.25, -0.2) is 0 Å². The van der Waals surface area contributed by atoms with Crippen LogP contribution in [0.5, 0.6) is 0 Å². The van der Waals surface area contributed by atoms with Gasteiger partial charge in [0.1, 0.15) is 0 Å². The van der Waals surface area contributed by atoms with Gasteiger partial charge in [-0.3, -0.25) is 9.69 Å². The third-order valence-electron chi connectivity index (χ3n) is 4.14. The molecule has 0 aromatic heterocycles. The van der Waals surface area contributed by atoms with Crippen molar-refractivity contribution in [2.45, 2.75) is 11.3 Å². The Morgan fingerprint density at radius 3 is 2.09 bits per heavy atom. The van der Waals surface area contributed by atoms with Crippen LogP contribution in [-0.2, 0) is 9.53 Å². The summed E-state index contributed by atoms with van der Waals surface area (Å²) in [6.45, 7) is 1.99. The summed E-state index contributed by atoms with van der Waals surface area (Å²) in [6, 6.07) is 21.5. The second kappa shape index (κ2) is 7.66. The van der Waals surface area contributed by atoms with Gasteiger partial charge >= 0.3 is 5.97 Å². The fourth-order valence-electron chi connectivity index (χ4n) is 2.92. The first-order valence-electron chi connectivity index (χ1n) is 7.80. The second-order valence-corrected chi connectivity index (χ2v) is 6.98. The predicted molar refractivity (Wildman–Crippen MR) is 94.6 cm³/mol. The average Bonchev–Trinajstić information content (AvgIpc) is 2.58. The molecule has 1 heterocycles. The van der Waals surface area contributed by atoms with Crippen molar-refractivity contribution in [1.29, 1.82) is 0 Å². The van der Waals surface area contributed by atoms with Crippen LogP contribution >= 0.6 is 11.8 Å². The Morgan fingerprint density at radius 1 is 1.09 bits per heavy atom.